The Hall–Kier alpha value is -3.81. The molecule has 3 aromatic heterocycles. The second-order valence-electron chi connectivity index (χ2n) is 8.18. The third-order valence-corrected chi connectivity index (χ3v) is 8.09. The molecule has 0 radical (unpaired) electrons. The maximum Gasteiger partial charge on any atom is 0.323 e. The number of aliphatic carboxylic acids is 1. The van der Waals surface area contributed by atoms with E-state index < -0.39 is 33.0 Å². The topological polar surface area (TPSA) is 167 Å². The number of benzene rings is 1. The van der Waals surface area contributed by atoms with E-state index >= 15 is 0 Å². The molecule has 1 aliphatic carbocycles. The van der Waals surface area contributed by atoms with Crippen LogP contribution in [0.2, 0.25) is 0 Å². The minimum Gasteiger partial charge on any atom is -0.480 e. The number of hydrogen-bond acceptors (Lipinski definition) is 10. The average molecular weight is 535 g/mol. The van der Waals surface area contributed by atoms with Crippen molar-refractivity contribution in [2.45, 2.75) is 29.7 Å². The van der Waals surface area contributed by atoms with Gasteiger partial charge in [-0.3, -0.25) is 9.36 Å². The molecule has 0 saturated heterocycles. The molecule has 16 heteroatoms. The van der Waals surface area contributed by atoms with Crippen LogP contribution in [0, 0.1) is 11.3 Å². The van der Waals surface area contributed by atoms with E-state index in [1.54, 1.807) is 0 Å². The molecule has 1 saturated carbocycles. The van der Waals surface area contributed by atoms with Gasteiger partial charge in [-0.25, -0.2) is 27.2 Å². The van der Waals surface area contributed by atoms with Crippen LogP contribution >= 0.6 is 11.3 Å². The van der Waals surface area contributed by atoms with E-state index in [4.69, 9.17) is 0 Å². The average Bonchev–Trinajstić information content (AvgIpc) is 3.26. The third kappa shape index (κ3) is 4.00. The standard InChI is InChI=1S/C20H16F2N8O4S2/c1-29(7-13(31)32)16-14-11-3-2-10(36(33,34)28-20(8-23)4-5-20)6-12(11)30(17(14)25-9-24-16)19-27-26-18(35-19)15(21)22/h2-3,6,9,15,28H,4-5,7H2,1H3,(H,31,32). The number of nitriles is 1. The van der Waals surface area contributed by atoms with E-state index in [0.717, 1.165) is 0 Å². The summed E-state index contributed by atoms with van der Waals surface area (Å²) in [5.41, 5.74) is -0.705. The van der Waals surface area contributed by atoms with Crippen molar-refractivity contribution < 1.29 is 27.1 Å². The molecule has 1 fully saturated rings. The lowest BCUT2D eigenvalue weighted by molar-refractivity contribution is -0.135. The summed E-state index contributed by atoms with van der Waals surface area (Å²) in [7, 11) is -2.60. The van der Waals surface area contributed by atoms with Gasteiger partial charge in [0.2, 0.25) is 15.2 Å². The highest BCUT2D eigenvalue weighted by Gasteiger charge is 2.46. The summed E-state index contributed by atoms with van der Waals surface area (Å²) in [5, 5.41) is 26.2. The van der Waals surface area contributed by atoms with E-state index in [0.29, 0.717) is 35.0 Å². The van der Waals surface area contributed by atoms with Crippen LogP contribution in [0.15, 0.2) is 29.4 Å². The Morgan fingerprint density at radius 2 is 2.11 bits per heavy atom. The number of rotatable bonds is 8. The van der Waals surface area contributed by atoms with Gasteiger partial charge in [0.15, 0.2) is 10.7 Å². The minimum absolute atomic E-state index is 0.00836. The number of nitrogens with zero attached hydrogens (tertiary/aromatic N) is 7. The lowest BCUT2D eigenvalue weighted by Crippen LogP contribution is -2.35. The molecule has 0 amide bonds. The van der Waals surface area contributed by atoms with Crippen molar-refractivity contribution in [3.63, 3.8) is 0 Å². The predicted molar refractivity (Wildman–Crippen MR) is 124 cm³/mol. The molecule has 5 rings (SSSR count). The smallest absolute Gasteiger partial charge is 0.323 e. The number of hydrogen-bond donors (Lipinski definition) is 2. The first-order valence-corrected chi connectivity index (χ1v) is 12.6. The van der Waals surface area contributed by atoms with E-state index in [2.05, 4.69) is 24.9 Å². The van der Waals surface area contributed by atoms with Crippen LogP contribution in [0.5, 0.6) is 0 Å². The molecule has 0 spiro atoms. The van der Waals surface area contributed by atoms with Gasteiger partial charge < -0.3 is 10.0 Å². The Morgan fingerprint density at radius 1 is 1.36 bits per heavy atom. The van der Waals surface area contributed by atoms with Crippen LogP contribution in [0.3, 0.4) is 0 Å². The molecule has 3 heterocycles. The fourth-order valence-corrected chi connectivity index (χ4v) is 5.92. The van der Waals surface area contributed by atoms with Crippen LogP contribution in [0.25, 0.3) is 27.1 Å². The summed E-state index contributed by atoms with van der Waals surface area (Å²) < 4.78 is 56.4. The summed E-state index contributed by atoms with van der Waals surface area (Å²) in [5.74, 6) is -0.871. The van der Waals surface area contributed by atoms with Crippen molar-refractivity contribution in [1.82, 2.24) is 29.5 Å². The van der Waals surface area contributed by atoms with Gasteiger partial charge in [0.05, 0.1) is 21.9 Å². The zero-order valence-electron chi connectivity index (χ0n) is 18.4. The molecule has 1 aliphatic rings. The van der Waals surface area contributed by atoms with Crippen LogP contribution in [-0.2, 0) is 14.8 Å². The predicted octanol–water partition coefficient (Wildman–Crippen LogP) is 2.22. The number of nitrogens with one attached hydrogen (secondary N) is 1. The molecule has 0 atom stereocenters. The maximum atomic E-state index is 13.3. The minimum atomic E-state index is -4.11. The van der Waals surface area contributed by atoms with Gasteiger partial charge in [-0.05, 0) is 25.0 Å². The van der Waals surface area contributed by atoms with Crippen molar-refractivity contribution >= 4 is 55.1 Å². The van der Waals surface area contributed by atoms with E-state index in [9.17, 15) is 32.4 Å². The number of likely N-dealkylation sites (N-methyl/N-ethyl adjacent to an activating group) is 1. The Morgan fingerprint density at radius 3 is 2.72 bits per heavy atom. The second kappa shape index (κ2) is 8.40. The molecule has 0 aliphatic heterocycles. The Bertz CT molecular complexity index is 1670. The lowest BCUT2D eigenvalue weighted by atomic mass is 10.2. The van der Waals surface area contributed by atoms with Crippen LogP contribution in [0.1, 0.15) is 24.3 Å². The molecule has 0 unspecified atom stereocenters. The fourth-order valence-electron chi connectivity index (χ4n) is 3.81. The van der Waals surface area contributed by atoms with Crippen LogP contribution < -0.4 is 9.62 Å². The molecule has 12 nitrogen and oxygen atoms in total. The first-order chi connectivity index (χ1) is 17.0. The van der Waals surface area contributed by atoms with E-state index in [1.807, 2.05) is 6.07 Å². The van der Waals surface area contributed by atoms with Gasteiger partial charge in [0.25, 0.3) is 6.43 Å². The molecule has 1 aromatic carbocycles. The van der Waals surface area contributed by atoms with Gasteiger partial charge in [0, 0.05) is 12.4 Å². The quantitative estimate of drug-likeness (QED) is 0.342. The van der Waals surface area contributed by atoms with Gasteiger partial charge in [0.1, 0.15) is 24.2 Å². The second-order valence-corrected chi connectivity index (χ2v) is 10.9. The lowest BCUT2D eigenvalue weighted by Gasteiger charge is -2.16. The zero-order chi connectivity index (χ0) is 25.8. The van der Waals surface area contributed by atoms with Crippen LogP contribution in [0.4, 0.5) is 14.6 Å². The zero-order valence-corrected chi connectivity index (χ0v) is 20.0. The fraction of sp³-hybridized carbons (Fsp3) is 0.300. The highest BCUT2D eigenvalue weighted by molar-refractivity contribution is 7.89. The van der Waals surface area contributed by atoms with Crippen molar-refractivity contribution in [1.29, 1.82) is 5.26 Å². The number of fused-ring (bicyclic) bond motifs is 3. The SMILES string of the molecule is CN(CC(=O)O)c1ncnc2c1c1ccc(S(=O)(=O)NC3(C#N)CC3)cc1n2-c1nnc(C(F)F)s1. The number of carboxylic acids is 1. The van der Waals surface area contributed by atoms with E-state index in [-0.39, 0.29) is 33.6 Å². The number of sulfonamides is 1. The van der Waals surface area contributed by atoms with Gasteiger partial charge in [-0.1, -0.05) is 17.4 Å². The number of carboxylic acid groups (broad SMARTS) is 1. The number of halogens is 2. The third-order valence-electron chi connectivity index (χ3n) is 5.64. The molecule has 0 bridgehead atoms. The molecule has 36 heavy (non-hydrogen) atoms. The molecular weight excluding hydrogens is 518 g/mol. The number of alkyl halides is 2. The van der Waals surface area contributed by atoms with Gasteiger partial charge >= 0.3 is 5.97 Å². The first kappa shape index (κ1) is 23.9. The summed E-state index contributed by atoms with van der Waals surface area (Å²) in [6, 6.07) is 6.11. The monoisotopic (exact) mass is 534 g/mol. The summed E-state index contributed by atoms with van der Waals surface area (Å²) in [6.07, 6.45) is -0.900. The maximum absolute atomic E-state index is 13.3. The molecule has 2 N–H and O–H groups in total. The number of aromatic nitrogens is 5. The molecule has 186 valence electrons. The number of carbonyl (C=O) groups is 1. The molecule has 4 aromatic rings. The van der Waals surface area contributed by atoms with Gasteiger partial charge in [-0.15, -0.1) is 10.2 Å². The highest BCUT2D eigenvalue weighted by Crippen LogP contribution is 2.39. The molecular formula is C20H16F2N8O4S2. The number of anilines is 1. The first-order valence-electron chi connectivity index (χ1n) is 10.3. The Labute approximate surface area is 205 Å². The van der Waals surface area contributed by atoms with E-state index in [1.165, 1.54) is 41.0 Å². The van der Waals surface area contributed by atoms with Crippen molar-refractivity contribution in [2.75, 3.05) is 18.5 Å². The van der Waals surface area contributed by atoms with Gasteiger partial charge in [-0.2, -0.15) is 9.98 Å². The van der Waals surface area contributed by atoms with Crippen molar-refractivity contribution in [2.24, 2.45) is 0 Å². The highest BCUT2D eigenvalue weighted by atomic mass is 32.2. The van der Waals surface area contributed by atoms with Crippen molar-refractivity contribution in [3.05, 3.63) is 29.5 Å². The van der Waals surface area contributed by atoms with Crippen LogP contribution in [-0.4, -0.2) is 63.4 Å². The summed E-state index contributed by atoms with van der Waals surface area (Å²) in [6.45, 7) is -0.389. The summed E-state index contributed by atoms with van der Waals surface area (Å²) in [4.78, 5) is 21.0. The normalized spacial score (nSPS) is 14.9. The largest absolute Gasteiger partial charge is 0.480 e. The Balaban J connectivity index is 1.77. The van der Waals surface area contributed by atoms with Crippen molar-refractivity contribution in [3.8, 4) is 11.2 Å². The Kier molecular flexibility index (Phi) is 5.58. The summed E-state index contributed by atoms with van der Waals surface area (Å²) >= 11 is 0.605.